The molecule has 0 spiro atoms. The Morgan fingerprint density at radius 1 is 0.921 bits per heavy atom. The van der Waals surface area contributed by atoms with E-state index in [1.807, 2.05) is 12.3 Å². The number of amides is 4. The van der Waals surface area contributed by atoms with Crippen LogP contribution in [0.3, 0.4) is 0 Å². The van der Waals surface area contributed by atoms with Crippen LogP contribution in [0.15, 0.2) is 23.9 Å². The Morgan fingerprint density at radius 2 is 1.58 bits per heavy atom. The van der Waals surface area contributed by atoms with Gasteiger partial charge in [-0.25, -0.2) is 4.79 Å². The summed E-state index contributed by atoms with van der Waals surface area (Å²) in [6.45, 7) is 8.65. The zero-order valence-corrected chi connectivity index (χ0v) is 24.9. The van der Waals surface area contributed by atoms with Crippen molar-refractivity contribution < 1.29 is 28.7 Å². The van der Waals surface area contributed by atoms with Gasteiger partial charge >= 0.3 is 5.97 Å². The lowest BCUT2D eigenvalue weighted by molar-refractivity contribution is -0.153. The lowest BCUT2D eigenvalue weighted by Crippen LogP contribution is -2.57. The first-order valence-corrected chi connectivity index (χ1v) is 15.5. The molecule has 0 aromatic rings. The SMILES string of the molecule is C/C=C1\NC(=O)C(CSC)NC(=O)C(C(C)C)NC(=O)CC(/C=C/CCSC)OC(=O)C(C(C)C)NC1=O. The summed E-state index contributed by atoms with van der Waals surface area (Å²) < 4.78 is 5.67. The molecule has 4 unspecified atom stereocenters. The molecule has 1 rings (SSSR count). The molecule has 1 saturated heterocycles. The summed E-state index contributed by atoms with van der Waals surface area (Å²) >= 11 is 3.01. The third-order valence-corrected chi connectivity index (χ3v) is 7.03. The molecule has 1 heterocycles. The van der Waals surface area contributed by atoms with E-state index in [4.69, 9.17) is 4.74 Å². The second kappa shape index (κ2) is 17.2. The van der Waals surface area contributed by atoms with E-state index in [0.29, 0.717) is 0 Å². The minimum absolute atomic E-state index is 0.0527. The third-order valence-electron chi connectivity index (χ3n) is 5.72. The van der Waals surface area contributed by atoms with E-state index in [9.17, 15) is 24.0 Å². The largest absolute Gasteiger partial charge is 0.456 e. The Balaban J connectivity index is 3.45. The zero-order chi connectivity index (χ0) is 28.8. The van der Waals surface area contributed by atoms with Gasteiger partial charge in [-0.15, -0.1) is 0 Å². The van der Waals surface area contributed by atoms with Gasteiger partial charge in [0.05, 0.1) is 6.42 Å². The van der Waals surface area contributed by atoms with Crippen LogP contribution < -0.4 is 21.3 Å². The maximum absolute atomic E-state index is 13.1. The number of cyclic esters (lactones) is 1. The standard InChI is InChI=1S/C26H42N4O6S2/c1-8-18-23(32)30-22(16(4)5)26(35)36-17(11-9-10-12-37-6)13-20(31)29-21(15(2)3)25(34)28-19(14-38-7)24(33)27-18/h8-9,11,15-17,19,21-22H,10,12-14H2,1-7H3,(H,27,33)(H,28,34)(H,29,31)(H,30,32)/b11-9+,18-8-. The Hall–Kier alpha value is -2.47. The van der Waals surface area contributed by atoms with E-state index in [0.717, 1.165) is 12.2 Å². The van der Waals surface area contributed by atoms with Crippen LogP contribution in [0.4, 0.5) is 0 Å². The summed E-state index contributed by atoms with van der Waals surface area (Å²) in [5.41, 5.74) is -0.0527. The molecule has 0 aromatic carbocycles. The molecular formula is C26H42N4O6S2. The minimum atomic E-state index is -1.02. The molecule has 0 saturated carbocycles. The fraction of sp³-hybridized carbons (Fsp3) is 0.654. The van der Waals surface area contributed by atoms with E-state index >= 15 is 0 Å². The Bertz CT molecular complexity index is 906. The average molecular weight is 571 g/mol. The number of hydrogen-bond donors (Lipinski definition) is 4. The first kappa shape index (κ1) is 33.6. The predicted octanol–water partition coefficient (Wildman–Crippen LogP) is 1.76. The Labute approximate surface area is 234 Å². The van der Waals surface area contributed by atoms with Crippen LogP contribution in [-0.2, 0) is 28.7 Å². The van der Waals surface area contributed by atoms with Gasteiger partial charge in [-0.05, 0) is 49.5 Å². The van der Waals surface area contributed by atoms with Gasteiger partial charge in [0.15, 0.2) is 0 Å². The molecule has 0 aromatic heterocycles. The van der Waals surface area contributed by atoms with E-state index < -0.39 is 53.8 Å². The number of nitrogens with one attached hydrogen (secondary N) is 4. The van der Waals surface area contributed by atoms with Crippen LogP contribution in [0.1, 0.15) is 47.5 Å². The number of thioether (sulfide) groups is 2. The Morgan fingerprint density at radius 3 is 2.13 bits per heavy atom. The minimum Gasteiger partial charge on any atom is -0.456 e. The molecular weight excluding hydrogens is 528 g/mol. The van der Waals surface area contributed by atoms with Crippen LogP contribution >= 0.6 is 23.5 Å². The molecule has 0 aliphatic carbocycles. The smallest absolute Gasteiger partial charge is 0.329 e. The highest BCUT2D eigenvalue weighted by atomic mass is 32.2. The number of rotatable bonds is 8. The van der Waals surface area contributed by atoms with Gasteiger partial charge in [-0.3, -0.25) is 19.2 Å². The average Bonchev–Trinajstić information content (AvgIpc) is 2.85. The molecule has 12 heteroatoms. The molecule has 10 nitrogen and oxygen atoms in total. The lowest BCUT2D eigenvalue weighted by Gasteiger charge is -2.27. The van der Waals surface area contributed by atoms with Gasteiger partial charge in [-0.1, -0.05) is 39.8 Å². The predicted molar refractivity (Wildman–Crippen MR) is 152 cm³/mol. The van der Waals surface area contributed by atoms with Crippen molar-refractivity contribution in [1.82, 2.24) is 21.3 Å². The molecule has 1 fully saturated rings. The zero-order valence-electron chi connectivity index (χ0n) is 23.3. The number of esters is 1. The summed E-state index contributed by atoms with van der Waals surface area (Å²) in [7, 11) is 0. The van der Waals surface area contributed by atoms with Crippen molar-refractivity contribution >= 4 is 53.1 Å². The van der Waals surface area contributed by atoms with Crippen molar-refractivity contribution in [2.75, 3.05) is 24.0 Å². The fourth-order valence-corrected chi connectivity index (χ4v) is 4.50. The number of ether oxygens (including phenoxy) is 1. The fourth-order valence-electron chi connectivity index (χ4n) is 3.56. The molecule has 38 heavy (non-hydrogen) atoms. The second-order valence-corrected chi connectivity index (χ2v) is 11.5. The first-order chi connectivity index (χ1) is 17.9. The third kappa shape index (κ3) is 11.1. The maximum atomic E-state index is 13.1. The van der Waals surface area contributed by atoms with E-state index in [1.54, 1.807) is 58.7 Å². The molecule has 214 valence electrons. The normalized spacial score (nSPS) is 25.8. The number of carbonyl (C=O) groups excluding carboxylic acids is 5. The van der Waals surface area contributed by atoms with Crippen molar-refractivity contribution in [2.24, 2.45) is 11.8 Å². The topological polar surface area (TPSA) is 143 Å². The van der Waals surface area contributed by atoms with Crippen LogP contribution in [-0.4, -0.2) is 77.8 Å². The number of hydrogen-bond acceptors (Lipinski definition) is 8. The monoisotopic (exact) mass is 570 g/mol. The number of carbonyl (C=O) groups is 5. The summed E-state index contributed by atoms with van der Waals surface area (Å²) in [6.07, 6.45) is 8.32. The number of allylic oxidation sites excluding steroid dienone is 2. The molecule has 4 amide bonds. The van der Waals surface area contributed by atoms with Crippen molar-refractivity contribution in [1.29, 1.82) is 0 Å². The molecule has 0 bridgehead atoms. The highest BCUT2D eigenvalue weighted by Gasteiger charge is 2.33. The van der Waals surface area contributed by atoms with Crippen molar-refractivity contribution in [3.63, 3.8) is 0 Å². The summed E-state index contributed by atoms with van der Waals surface area (Å²) in [4.78, 5) is 65.3. The van der Waals surface area contributed by atoms with Crippen LogP contribution in [0.5, 0.6) is 0 Å². The first-order valence-electron chi connectivity index (χ1n) is 12.7. The molecule has 1 aliphatic rings. The van der Waals surface area contributed by atoms with Gasteiger partial charge in [-0.2, -0.15) is 23.5 Å². The molecule has 0 radical (unpaired) electrons. The quantitative estimate of drug-likeness (QED) is 0.150. The summed E-state index contributed by atoms with van der Waals surface area (Å²) in [6, 6.07) is -2.89. The second-order valence-electron chi connectivity index (χ2n) is 9.58. The van der Waals surface area contributed by atoms with Gasteiger partial charge < -0.3 is 26.0 Å². The highest BCUT2D eigenvalue weighted by molar-refractivity contribution is 7.98. The summed E-state index contributed by atoms with van der Waals surface area (Å²) in [5.74, 6) is -2.46. The van der Waals surface area contributed by atoms with Crippen molar-refractivity contribution in [2.45, 2.75) is 71.7 Å². The lowest BCUT2D eigenvalue weighted by atomic mass is 10.0. The van der Waals surface area contributed by atoms with Crippen LogP contribution in [0, 0.1) is 11.8 Å². The van der Waals surface area contributed by atoms with Crippen LogP contribution in [0.25, 0.3) is 0 Å². The molecule has 4 atom stereocenters. The Kier molecular flexibility index (Phi) is 15.2. The summed E-state index contributed by atoms with van der Waals surface area (Å²) in [5, 5.41) is 10.6. The maximum Gasteiger partial charge on any atom is 0.329 e. The van der Waals surface area contributed by atoms with Gasteiger partial charge in [0.1, 0.15) is 29.9 Å². The van der Waals surface area contributed by atoms with Crippen molar-refractivity contribution in [3.8, 4) is 0 Å². The van der Waals surface area contributed by atoms with Gasteiger partial charge in [0.2, 0.25) is 17.7 Å². The highest BCUT2D eigenvalue weighted by Crippen LogP contribution is 2.13. The molecule has 4 N–H and O–H groups in total. The van der Waals surface area contributed by atoms with E-state index in [2.05, 4.69) is 21.3 Å². The van der Waals surface area contributed by atoms with Crippen LogP contribution in [0.2, 0.25) is 0 Å². The van der Waals surface area contributed by atoms with E-state index in [-0.39, 0.29) is 29.7 Å². The molecule has 1 aliphatic heterocycles. The van der Waals surface area contributed by atoms with Crippen molar-refractivity contribution in [3.05, 3.63) is 23.9 Å². The van der Waals surface area contributed by atoms with Gasteiger partial charge in [0, 0.05) is 5.75 Å². The van der Waals surface area contributed by atoms with E-state index in [1.165, 1.54) is 17.8 Å². The van der Waals surface area contributed by atoms with Gasteiger partial charge in [0.25, 0.3) is 5.91 Å².